The fourth-order valence-electron chi connectivity index (χ4n) is 1.94. The van der Waals surface area contributed by atoms with Crippen LogP contribution < -0.4 is 4.74 Å². The lowest BCUT2D eigenvalue weighted by Crippen LogP contribution is -2.14. The van der Waals surface area contributed by atoms with Gasteiger partial charge in [0.1, 0.15) is 17.1 Å². The maximum Gasteiger partial charge on any atom is 0.342 e. The number of rotatable bonds is 8. The molecular weight excluding hydrogens is 247 g/mol. The second kappa shape index (κ2) is 7.77. The maximum atomic E-state index is 13.4. The molecule has 3 nitrogen and oxygen atoms in total. The summed E-state index contributed by atoms with van der Waals surface area (Å²) in [5.74, 6) is -1.56. The Labute approximate surface area is 113 Å². The molecule has 1 aromatic rings. The molecule has 0 radical (unpaired) electrons. The van der Waals surface area contributed by atoms with Crippen molar-refractivity contribution < 1.29 is 19.0 Å². The molecule has 0 aliphatic carbocycles. The highest BCUT2D eigenvalue weighted by Crippen LogP contribution is 2.23. The van der Waals surface area contributed by atoms with E-state index in [1.807, 2.05) is 0 Å². The molecule has 1 atom stereocenters. The van der Waals surface area contributed by atoms with E-state index >= 15 is 0 Å². The van der Waals surface area contributed by atoms with Gasteiger partial charge < -0.3 is 9.84 Å². The number of aromatic carboxylic acids is 1. The van der Waals surface area contributed by atoms with E-state index in [2.05, 4.69) is 13.8 Å². The lowest BCUT2D eigenvalue weighted by atomic mass is 10.0. The molecule has 0 saturated carbocycles. The van der Waals surface area contributed by atoms with Crippen LogP contribution in [0.3, 0.4) is 0 Å². The Morgan fingerprint density at radius 2 is 2.16 bits per heavy atom. The van der Waals surface area contributed by atoms with Crippen molar-refractivity contribution in [3.63, 3.8) is 0 Å². The van der Waals surface area contributed by atoms with Crippen molar-refractivity contribution in [2.45, 2.75) is 39.5 Å². The van der Waals surface area contributed by atoms with Crippen molar-refractivity contribution in [1.29, 1.82) is 0 Å². The molecule has 1 unspecified atom stereocenters. The van der Waals surface area contributed by atoms with Crippen LogP contribution in [0.1, 0.15) is 49.9 Å². The maximum absolute atomic E-state index is 13.4. The standard InChI is InChI=1S/C15H21FO3/c1-3-5-7-11(4-2)10-19-13-9-6-8-12(16)14(13)15(17)18/h6,8-9,11H,3-5,7,10H2,1-2H3,(H,17,18). The molecule has 0 saturated heterocycles. The number of benzene rings is 1. The summed E-state index contributed by atoms with van der Waals surface area (Å²) in [5, 5.41) is 8.99. The first-order valence-electron chi connectivity index (χ1n) is 6.74. The fraction of sp³-hybridized carbons (Fsp3) is 0.533. The Balaban J connectivity index is 2.71. The summed E-state index contributed by atoms with van der Waals surface area (Å²) in [5.41, 5.74) is -0.382. The monoisotopic (exact) mass is 268 g/mol. The highest BCUT2D eigenvalue weighted by molar-refractivity contribution is 5.91. The Kier molecular flexibility index (Phi) is 6.33. The van der Waals surface area contributed by atoms with Crippen LogP contribution in [0.5, 0.6) is 5.75 Å². The van der Waals surface area contributed by atoms with Crippen LogP contribution in [0, 0.1) is 11.7 Å². The molecule has 0 amide bonds. The van der Waals surface area contributed by atoms with Crippen molar-refractivity contribution in [3.8, 4) is 5.75 Å². The molecule has 1 aromatic carbocycles. The number of carboxylic acids is 1. The highest BCUT2D eigenvalue weighted by Gasteiger charge is 2.17. The third kappa shape index (κ3) is 4.54. The lowest BCUT2D eigenvalue weighted by Gasteiger charge is -2.16. The second-order valence-corrected chi connectivity index (χ2v) is 4.65. The minimum absolute atomic E-state index is 0.113. The minimum Gasteiger partial charge on any atom is -0.492 e. The van der Waals surface area contributed by atoms with E-state index in [-0.39, 0.29) is 11.3 Å². The van der Waals surface area contributed by atoms with Crippen LogP contribution in [-0.2, 0) is 0 Å². The lowest BCUT2D eigenvalue weighted by molar-refractivity contribution is 0.0685. The SMILES string of the molecule is CCCCC(CC)COc1cccc(F)c1C(=O)O. The number of halogens is 1. The van der Waals surface area contributed by atoms with Crippen molar-refractivity contribution in [2.24, 2.45) is 5.92 Å². The van der Waals surface area contributed by atoms with Gasteiger partial charge in [0.05, 0.1) is 6.61 Å². The normalized spacial score (nSPS) is 12.2. The van der Waals surface area contributed by atoms with Crippen LogP contribution in [0.4, 0.5) is 4.39 Å². The molecule has 0 spiro atoms. The number of hydrogen-bond donors (Lipinski definition) is 1. The van der Waals surface area contributed by atoms with Gasteiger partial charge in [-0.05, 0) is 24.5 Å². The Morgan fingerprint density at radius 1 is 1.42 bits per heavy atom. The van der Waals surface area contributed by atoms with Gasteiger partial charge in [-0.15, -0.1) is 0 Å². The van der Waals surface area contributed by atoms with E-state index in [9.17, 15) is 9.18 Å². The number of carbonyl (C=O) groups is 1. The van der Waals surface area contributed by atoms with E-state index in [0.717, 1.165) is 31.7 Å². The van der Waals surface area contributed by atoms with Crippen LogP contribution >= 0.6 is 0 Å². The minimum atomic E-state index is -1.30. The predicted molar refractivity (Wildman–Crippen MR) is 72.2 cm³/mol. The van der Waals surface area contributed by atoms with Gasteiger partial charge >= 0.3 is 5.97 Å². The van der Waals surface area contributed by atoms with Gasteiger partial charge in [0.25, 0.3) is 0 Å². The first-order valence-corrected chi connectivity index (χ1v) is 6.74. The van der Waals surface area contributed by atoms with Gasteiger partial charge in [0, 0.05) is 0 Å². The fourth-order valence-corrected chi connectivity index (χ4v) is 1.94. The second-order valence-electron chi connectivity index (χ2n) is 4.65. The average molecular weight is 268 g/mol. The third-order valence-corrected chi connectivity index (χ3v) is 3.21. The smallest absolute Gasteiger partial charge is 0.342 e. The summed E-state index contributed by atoms with van der Waals surface area (Å²) < 4.78 is 19.0. The Hall–Kier alpha value is -1.58. The molecule has 19 heavy (non-hydrogen) atoms. The number of unbranched alkanes of at least 4 members (excludes halogenated alkanes) is 1. The van der Waals surface area contributed by atoms with Crippen molar-refractivity contribution in [2.75, 3.05) is 6.61 Å². The molecular formula is C15H21FO3. The molecule has 0 aliphatic heterocycles. The van der Waals surface area contributed by atoms with Gasteiger partial charge in [0.2, 0.25) is 0 Å². The summed E-state index contributed by atoms with van der Waals surface area (Å²) in [6.07, 6.45) is 4.26. The molecule has 1 rings (SSSR count). The number of ether oxygens (including phenoxy) is 1. The van der Waals surface area contributed by atoms with Gasteiger partial charge in [-0.3, -0.25) is 0 Å². The zero-order chi connectivity index (χ0) is 14.3. The molecule has 0 fully saturated rings. The van der Waals surface area contributed by atoms with Gasteiger partial charge in [0.15, 0.2) is 0 Å². The van der Waals surface area contributed by atoms with Crippen LogP contribution in [0.2, 0.25) is 0 Å². The summed E-state index contributed by atoms with van der Waals surface area (Å²) >= 11 is 0. The van der Waals surface area contributed by atoms with Crippen molar-refractivity contribution in [1.82, 2.24) is 0 Å². The molecule has 0 heterocycles. The summed E-state index contributed by atoms with van der Waals surface area (Å²) in [6.45, 7) is 4.64. The molecule has 1 N–H and O–H groups in total. The summed E-state index contributed by atoms with van der Waals surface area (Å²) in [6, 6.07) is 4.09. The van der Waals surface area contributed by atoms with Crippen molar-refractivity contribution >= 4 is 5.97 Å². The van der Waals surface area contributed by atoms with E-state index < -0.39 is 11.8 Å². The molecule has 4 heteroatoms. The topological polar surface area (TPSA) is 46.5 Å². The van der Waals surface area contributed by atoms with Crippen molar-refractivity contribution in [3.05, 3.63) is 29.6 Å². The zero-order valence-electron chi connectivity index (χ0n) is 11.5. The predicted octanol–water partition coefficient (Wildman–Crippen LogP) is 4.12. The third-order valence-electron chi connectivity index (χ3n) is 3.21. The highest BCUT2D eigenvalue weighted by atomic mass is 19.1. The zero-order valence-corrected chi connectivity index (χ0v) is 11.5. The van der Waals surface area contributed by atoms with Crippen LogP contribution in [0.25, 0.3) is 0 Å². The molecule has 0 aromatic heterocycles. The molecule has 106 valence electrons. The Morgan fingerprint density at radius 3 is 2.74 bits per heavy atom. The first-order chi connectivity index (χ1) is 9.10. The largest absolute Gasteiger partial charge is 0.492 e. The summed E-state index contributed by atoms with van der Waals surface area (Å²) in [7, 11) is 0. The van der Waals surface area contributed by atoms with E-state index in [1.54, 1.807) is 0 Å². The van der Waals surface area contributed by atoms with Gasteiger partial charge in [-0.25, -0.2) is 9.18 Å². The van der Waals surface area contributed by atoms with Crippen LogP contribution in [0.15, 0.2) is 18.2 Å². The number of hydrogen-bond acceptors (Lipinski definition) is 2. The molecule has 0 aliphatic rings. The Bertz CT molecular complexity index is 418. The van der Waals surface area contributed by atoms with E-state index in [0.29, 0.717) is 12.5 Å². The van der Waals surface area contributed by atoms with Gasteiger partial charge in [-0.1, -0.05) is 39.2 Å². The van der Waals surface area contributed by atoms with Gasteiger partial charge in [-0.2, -0.15) is 0 Å². The quantitative estimate of drug-likeness (QED) is 0.771. The van der Waals surface area contributed by atoms with E-state index in [4.69, 9.17) is 9.84 Å². The molecule has 0 bridgehead atoms. The average Bonchev–Trinajstić information content (AvgIpc) is 2.38. The summed E-state index contributed by atoms with van der Waals surface area (Å²) in [4.78, 5) is 11.0. The van der Waals surface area contributed by atoms with Crippen LogP contribution in [-0.4, -0.2) is 17.7 Å². The number of carboxylic acid groups (broad SMARTS) is 1. The first kappa shape index (κ1) is 15.5. The van der Waals surface area contributed by atoms with E-state index in [1.165, 1.54) is 12.1 Å².